The fraction of sp³-hybridized carbons (Fsp3) is 0.500. The van der Waals surface area contributed by atoms with E-state index in [1.807, 2.05) is 0 Å². The highest BCUT2D eigenvalue weighted by atomic mass is 16.5. The van der Waals surface area contributed by atoms with Crippen molar-refractivity contribution in [3.8, 4) is 0 Å². The number of nitrogens with zero attached hydrogens (tertiary/aromatic N) is 2. The van der Waals surface area contributed by atoms with Gasteiger partial charge >= 0.3 is 5.97 Å². The van der Waals surface area contributed by atoms with Crippen LogP contribution in [0.15, 0.2) is 0 Å². The van der Waals surface area contributed by atoms with E-state index in [4.69, 9.17) is 5.73 Å². The van der Waals surface area contributed by atoms with E-state index in [1.165, 1.54) is 7.11 Å². The summed E-state index contributed by atoms with van der Waals surface area (Å²) in [5, 5.41) is 3.15. The third kappa shape index (κ3) is 1.24. The molecule has 1 aliphatic rings. The lowest BCUT2D eigenvalue weighted by molar-refractivity contribution is 0.0588. The Kier molecular flexibility index (Phi) is 2.12. The largest absolute Gasteiger partial charge is 0.464 e. The van der Waals surface area contributed by atoms with Crippen molar-refractivity contribution in [2.75, 3.05) is 19.4 Å². The number of esters is 1. The molecular weight excluding hydrogens is 184 g/mol. The molecule has 14 heavy (non-hydrogen) atoms. The smallest absolute Gasteiger partial charge is 0.358 e. The van der Waals surface area contributed by atoms with E-state index in [1.54, 1.807) is 4.57 Å². The lowest BCUT2D eigenvalue weighted by atomic mass is 10.4. The fourth-order valence-corrected chi connectivity index (χ4v) is 1.60. The molecule has 6 nitrogen and oxygen atoms in total. The average molecular weight is 196 g/mol. The number of rotatable bonds is 1. The van der Waals surface area contributed by atoms with Crippen LogP contribution in [0.1, 0.15) is 16.3 Å². The van der Waals surface area contributed by atoms with Crippen molar-refractivity contribution in [1.82, 2.24) is 14.9 Å². The molecule has 2 rings (SSSR count). The van der Waals surface area contributed by atoms with Crippen molar-refractivity contribution in [2.24, 2.45) is 0 Å². The molecular formula is C8H12N4O2. The van der Waals surface area contributed by atoms with Crippen LogP contribution in [-0.2, 0) is 17.8 Å². The summed E-state index contributed by atoms with van der Waals surface area (Å²) in [5.74, 6) is 0.604. The van der Waals surface area contributed by atoms with Gasteiger partial charge in [0.1, 0.15) is 5.82 Å². The lowest BCUT2D eigenvalue weighted by Gasteiger charge is -2.16. The minimum atomic E-state index is -0.428. The van der Waals surface area contributed by atoms with Gasteiger partial charge in [-0.3, -0.25) is 0 Å². The molecule has 3 N–H and O–H groups in total. The number of carbonyl (C=O) groups is 1. The quantitative estimate of drug-likeness (QED) is 0.583. The Morgan fingerprint density at radius 2 is 2.50 bits per heavy atom. The third-order valence-corrected chi connectivity index (χ3v) is 2.25. The Morgan fingerprint density at radius 3 is 3.21 bits per heavy atom. The van der Waals surface area contributed by atoms with E-state index in [2.05, 4.69) is 15.0 Å². The van der Waals surface area contributed by atoms with E-state index in [-0.39, 0.29) is 5.82 Å². The molecule has 1 aliphatic heterocycles. The molecule has 0 aliphatic carbocycles. The minimum Gasteiger partial charge on any atom is -0.464 e. The van der Waals surface area contributed by atoms with Crippen LogP contribution >= 0.6 is 0 Å². The SMILES string of the molecule is COC(=O)c1c(N)nc2n1CCNC2. The highest BCUT2D eigenvalue weighted by Gasteiger charge is 2.23. The van der Waals surface area contributed by atoms with Crippen molar-refractivity contribution in [1.29, 1.82) is 0 Å². The molecule has 0 saturated carbocycles. The summed E-state index contributed by atoms with van der Waals surface area (Å²) in [6, 6.07) is 0. The standard InChI is InChI=1S/C8H12N4O2/c1-14-8(13)6-7(9)11-5-4-10-2-3-12(5)6/h10H,2-4,9H2,1H3. The zero-order valence-electron chi connectivity index (χ0n) is 7.91. The maximum Gasteiger partial charge on any atom is 0.358 e. The number of hydrogen-bond donors (Lipinski definition) is 2. The molecule has 1 aromatic heterocycles. The van der Waals surface area contributed by atoms with Crippen LogP contribution in [-0.4, -0.2) is 29.2 Å². The molecule has 2 heterocycles. The zero-order valence-corrected chi connectivity index (χ0v) is 7.91. The number of fused-ring (bicyclic) bond motifs is 1. The van der Waals surface area contributed by atoms with Crippen LogP contribution < -0.4 is 11.1 Å². The Labute approximate surface area is 81.1 Å². The van der Waals surface area contributed by atoms with Crippen LogP contribution in [0.25, 0.3) is 0 Å². The number of nitrogens with two attached hydrogens (primary N) is 1. The van der Waals surface area contributed by atoms with Crippen molar-refractivity contribution >= 4 is 11.8 Å². The number of aromatic nitrogens is 2. The van der Waals surface area contributed by atoms with Gasteiger partial charge in [0.15, 0.2) is 11.5 Å². The topological polar surface area (TPSA) is 82.2 Å². The van der Waals surface area contributed by atoms with Crippen molar-refractivity contribution < 1.29 is 9.53 Å². The number of nitrogen functional groups attached to an aromatic ring is 1. The first-order chi connectivity index (χ1) is 6.74. The Bertz CT molecular complexity index is 372. The first-order valence-electron chi connectivity index (χ1n) is 4.38. The first-order valence-corrected chi connectivity index (χ1v) is 4.38. The van der Waals surface area contributed by atoms with E-state index in [0.29, 0.717) is 18.8 Å². The van der Waals surface area contributed by atoms with Crippen molar-refractivity contribution in [2.45, 2.75) is 13.1 Å². The fourth-order valence-electron chi connectivity index (χ4n) is 1.60. The minimum absolute atomic E-state index is 0.246. The second kappa shape index (κ2) is 3.30. The summed E-state index contributed by atoms with van der Waals surface area (Å²) in [5.41, 5.74) is 6.00. The number of carbonyl (C=O) groups excluding carboxylic acids is 1. The summed E-state index contributed by atoms with van der Waals surface area (Å²) in [6.45, 7) is 2.15. The molecule has 0 aromatic carbocycles. The van der Waals surface area contributed by atoms with E-state index < -0.39 is 5.97 Å². The van der Waals surface area contributed by atoms with Crippen LogP contribution in [0.3, 0.4) is 0 Å². The number of hydrogen-bond acceptors (Lipinski definition) is 5. The van der Waals surface area contributed by atoms with Gasteiger partial charge in [-0.25, -0.2) is 9.78 Å². The molecule has 0 amide bonds. The Balaban J connectivity index is 2.47. The van der Waals surface area contributed by atoms with Crippen LogP contribution in [0.4, 0.5) is 5.82 Å². The second-order valence-electron chi connectivity index (χ2n) is 3.08. The molecule has 0 bridgehead atoms. The maximum absolute atomic E-state index is 11.4. The zero-order chi connectivity index (χ0) is 10.1. The molecule has 0 spiro atoms. The predicted molar refractivity (Wildman–Crippen MR) is 49.7 cm³/mol. The Morgan fingerprint density at radius 1 is 1.71 bits per heavy atom. The summed E-state index contributed by atoms with van der Waals surface area (Å²) in [4.78, 5) is 15.5. The number of anilines is 1. The monoisotopic (exact) mass is 196 g/mol. The third-order valence-electron chi connectivity index (χ3n) is 2.25. The summed E-state index contributed by atoms with van der Waals surface area (Å²) >= 11 is 0. The van der Waals surface area contributed by atoms with Gasteiger partial charge in [-0.1, -0.05) is 0 Å². The molecule has 0 fully saturated rings. The van der Waals surface area contributed by atoms with Gasteiger partial charge in [0, 0.05) is 13.1 Å². The van der Waals surface area contributed by atoms with Gasteiger partial charge < -0.3 is 20.4 Å². The van der Waals surface area contributed by atoms with Gasteiger partial charge in [0.25, 0.3) is 0 Å². The molecule has 76 valence electrons. The number of ether oxygens (including phenoxy) is 1. The molecule has 0 atom stereocenters. The van der Waals surface area contributed by atoms with Crippen molar-refractivity contribution in [3.63, 3.8) is 0 Å². The van der Waals surface area contributed by atoms with E-state index in [9.17, 15) is 4.79 Å². The average Bonchev–Trinajstić information content (AvgIpc) is 2.53. The van der Waals surface area contributed by atoms with Crippen LogP contribution in [0.5, 0.6) is 0 Å². The Hall–Kier alpha value is -1.56. The van der Waals surface area contributed by atoms with Gasteiger partial charge in [-0.05, 0) is 0 Å². The van der Waals surface area contributed by atoms with Gasteiger partial charge in [-0.15, -0.1) is 0 Å². The summed E-state index contributed by atoms with van der Waals surface area (Å²) < 4.78 is 6.44. The maximum atomic E-state index is 11.4. The molecule has 0 unspecified atom stereocenters. The first kappa shape index (κ1) is 9.01. The van der Waals surface area contributed by atoms with Crippen molar-refractivity contribution in [3.05, 3.63) is 11.5 Å². The predicted octanol–water partition coefficient (Wildman–Crippen LogP) is -0.645. The highest BCUT2D eigenvalue weighted by Crippen LogP contribution is 2.16. The summed E-state index contributed by atoms with van der Waals surface area (Å²) in [6.07, 6.45) is 0. The number of methoxy groups -OCH3 is 1. The van der Waals surface area contributed by atoms with E-state index >= 15 is 0 Å². The molecule has 0 saturated heterocycles. The summed E-state index contributed by atoms with van der Waals surface area (Å²) in [7, 11) is 1.34. The lowest BCUT2D eigenvalue weighted by Crippen LogP contribution is -2.30. The van der Waals surface area contributed by atoms with Gasteiger partial charge in [-0.2, -0.15) is 0 Å². The number of nitrogens with one attached hydrogen (secondary N) is 1. The highest BCUT2D eigenvalue weighted by molar-refractivity contribution is 5.92. The molecule has 6 heteroatoms. The van der Waals surface area contributed by atoms with Crippen LogP contribution in [0.2, 0.25) is 0 Å². The second-order valence-corrected chi connectivity index (χ2v) is 3.08. The number of imidazole rings is 1. The molecule has 1 aromatic rings. The normalized spacial score (nSPS) is 14.9. The van der Waals surface area contributed by atoms with E-state index in [0.717, 1.165) is 12.4 Å². The van der Waals surface area contributed by atoms with Gasteiger partial charge in [0.2, 0.25) is 0 Å². The van der Waals surface area contributed by atoms with Gasteiger partial charge in [0.05, 0.1) is 13.7 Å². The van der Waals surface area contributed by atoms with Crippen LogP contribution in [0, 0.1) is 0 Å². The molecule has 0 radical (unpaired) electrons.